The lowest BCUT2D eigenvalue weighted by atomic mass is 9.96. The molecule has 0 radical (unpaired) electrons. The molecule has 0 bridgehead atoms. The van der Waals surface area contributed by atoms with Gasteiger partial charge in [0.05, 0.1) is 25.5 Å². The Morgan fingerprint density at radius 3 is 2.65 bits per heavy atom. The molecule has 3 heterocycles. The average Bonchev–Trinajstić information content (AvgIpc) is 3.17. The molecule has 1 amide bonds. The number of ether oxygens (including phenoxy) is 1. The number of morpholine rings is 1. The van der Waals surface area contributed by atoms with Crippen LogP contribution in [0.2, 0.25) is 0 Å². The van der Waals surface area contributed by atoms with Crippen molar-refractivity contribution >= 4 is 27.7 Å². The van der Waals surface area contributed by atoms with Crippen molar-refractivity contribution in [2.45, 2.75) is 24.7 Å². The fraction of sp³-hybridized carbons (Fsp3) is 0.500. The molecule has 1 saturated heterocycles. The molecular formula is C20H23BrF3N5O2. The second-order valence-corrected chi connectivity index (χ2v) is 8.52. The van der Waals surface area contributed by atoms with Crippen LogP contribution in [0.4, 0.5) is 19.0 Å². The maximum absolute atomic E-state index is 13.8. The van der Waals surface area contributed by atoms with Gasteiger partial charge < -0.3 is 15.4 Å². The quantitative estimate of drug-likeness (QED) is 0.657. The number of anilines is 1. The third kappa shape index (κ3) is 5.04. The minimum Gasteiger partial charge on any atom is -0.379 e. The second kappa shape index (κ2) is 9.17. The average molecular weight is 502 g/mol. The van der Waals surface area contributed by atoms with Gasteiger partial charge in [-0.3, -0.25) is 9.69 Å². The summed E-state index contributed by atoms with van der Waals surface area (Å²) in [5.74, 6) is -0.357. The lowest BCUT2D eigenvalue weighted by Crippen LogP contribution is -2.41. The number of benzene rings is 1. The van der Waals surface area contributed by atoms with Crippen LogP contribution in [0, 0.1) is 0 Å². The van der Waals surface area contributed by atoms with Gasteiger partial charge in [0.1, 0.15) is 11.4 Å². The van der Waals surface area contributed by atoms with Gasteiger partial charge in [-0.1, -0.05) is 28.1 Å². The van der Waals surface area contributed by atoms with E-state index in [1.807, 2.05) is 0 Å². The SMILES string of the molecule is O=C(NCCN1CCOCC1)c1cnn2c1N[C@@H](c1ccc(Br)cc1)C[C@@H]2C(F)(F)F. The smallest absolute Gasteiger partial charge is 0.379 e. The number of amides is 1. The lowest BCUT2D eigenvalue weighted by Gasteiger charge is -2.34. The zero-order valence-electron chi connectivity index (χ0n) is 16.7. The van der Waals surface area contributed by atoms with E-state index in [9.17, 15) is 18.0 Å². The standard InChI is InChI=1S/C20H23BrF3N5O2/c21-14-3-1-13(2-4-14)16-11-17(20(22,23)24)29-18(27-16)15(12-26-29)19(30)25-5-6-28-7-9-31-10-8-28/h1-4,12,16-17,27H,5-11H2,(H,25,30)/t16-,17-/m1/s1. The van der Waals surface area contributed by atoms with E-state index in [4.69, 9.17) is 4.74 Å². The molecular weight excluding hydrogens is 479 g/mol. The normalized spacial score (nSPS) is 21.9. The number of carbonyl (C=O) groups is 1. The number of alkyl halides is 3. The van der Waals surface area contributed by atoms with Crippen LogP contribution in [-0.4, -0.2) is 66.2 Å². The highest BCUT2D eigenvalue weighted by molar-refractivity contribution is 9.10. The Kier molecular flexibility index (Phi) is 6.54. The van der Waals surface area contributed by atoms with E-state index in [-0.39, 0.29) is 17.8 Å². The molecule has 2 aromatic rings. The number of hydrogen-bond donors (Lipinski definition) is 2. The third-order valence-electron chi connectivity index (χ3n) is 5.57. The van der Waals surface area contributed by atoms with Crippen LogP contribution in [-0.2, 0) is 4.74 Å². The Hall–Kier alpha value is -2.11. The van der Waals surface area contributed by atoms with Gasteiger partial charge in [-0.2, -0.15) is 18.3 Å². The topological polar surface area (TPSA) is 71.4 Å². The van der Waals surface area contributed by atoms with Gasteiger partial charge in [0.25, 0.3) is 5.91 Å². The minimum absolute atomic E-state index is 0.0883. The maximum Gasteiger partial charge on any atom is 0.410 e. The molecule has 2 aliphatic heterocycles. The van der Waals surface area contributed by atoms with E-state index in [1.165, 1.54) is 6.20 Å². The van der Waals surface area contributed by atoms with E-state index in [0.29, 0.717) is 31.9 Å². The molecule has 2 aliphatic rings. The van der Waals surface area contributed by atoms with Crippen LogP contribution in [0.1, 0.15) is 34.4 Å². The van der Waals surface area contributed by atoms with Gasteiger partial charge in [0, 0.05) is 37.1 Å². The highest BCUT2D eigenvalue weighted by Gasteiger charge is 2.47. The maximum atomic E-state index is 13.8. The summed E-state index contributed by atoms with van der Waals surface area (Å²) in [6, 6.07) is 4.69. The summed E-state index contributed by atoms with van der Waals surface area (Å²) in [4.78, 5) is 14.9. The summed E-state index contributed by atoms with van der Waals surface area (Å²) in [6.45, 7) is 3.95. The number of hydrogen-bond acceptors (Lipinski definition) is 5. The molecule has 0 aliphatic carbocycles. The fourth-order valence-electron chi connectivity index (χ4n) is 3.89. The van der Waals surface area contributed by atoms with Gasteiger partial charge in [-0.15, -0.1) is 0 Å². The van der Waals surface area contributed by atoms with Crippen LogP contribution in [0.3, 0.4) is 0 Å². The van der Waals surface area contributed by atoms with Crippen molar-refractivity contribution in [2.24, 2.45) is 0 Å². The van der Waals surface area contributed by atoms with E-state index in [0.717, 1.165) is 22.2 Å². The lowest BCUT2D eigenvalue weighted by molar-refractivity contribution is -0.173. The van der Waals surface area contributed by atoms with Crippen molar-refractivity contribution in [1.82, 2.24) is 20.0 Å². The summed E-state index contributed by atoms with van der Waals surface area (Å²) < 4.78 is 48.4. The molecule has 1 aromatic heterocycles. The van der Waals surface area contributed by atoms with Gasteiger partial charge in [-0.05, 0) is 17.7 Å². The summed E-state index contributed by atoms with van der Waals surface area (Å²) in [7, 11) is 0. The van der Waals surface area contributed by atoms with Gasteiger partial charge >= 0.3 is 6.18 Å². The molecule has 0 spiro atoms. The largest absolute Gasteiger partial charge is 0.410 e. The first kappa shape index (κ1) is 22.1. The molecule has 1 fully saturated rings. The Labute approximate surface area is 186 Å². The van der Waals surface area contributed by atoms with E-state index in [1.54, 1.807) is 24.3 Å². The fourth-order valence-corrected chi connectivity index (χ4v) is 4.15. The highest BCUT2D eigenvalue weighted by atomic mass is 79.9. The Balaban J connectivity index is 1.51. The Morgan fingerprint density at radius 1 is 1.26 bits per heavy atom. The number of nitrogens with zero attached hydrogens (tertiary/aromatic N) is 3. The molecule has 11 heteroatoms. The van der Waals surface area contributed by atoms with Crippen LogP contribution < -0.4 is 10.6 Å². The molecule has 4 rings (SSSR count). The van der Waals surface area contributed by atoms with Crippen molar-refractivity contribution in [2.75, 3.05) is 44.7 Å². The van der Waals surface area contributed by atoms with Crippen molar-refractivity contribution in [3.63, 3.8) is 0 Å². The predicted molar refractivity (Wildman–Crippen MR) is 112 cm³/mol. The van der Waals surface area contributed by atoms with Crippen molar-refractivity contribution < 1.29 is 22.7 Å². The van der Waals surface area contributed by atoms with Gasteiger partial charge in [0.2, 0.25) is 0 Å². The van der Waals surface area contributed by atoms with Gasteiger partial charge in [0.15, 0.2) is 6.04 Å². The Morgan fingerprint density at radius 2 is 1.97 bits per heavy atom. The first-order valence-electron chi connectivity index (χ1n) is 10.1. The minimum atomic E-state index is -4.49. The van der Waals surface area contributed by atoms with Gasteiger partial charge in [-0.25, -0.2) is 4.68 Å². The molecule has 2 atom stereocenters. The predicted octanol–water partition coefficient (Wildman–Crippen LogP) is 3.37. The van der Waals surface area contributed by atoms with E-state index >= 15 is 0 Å². The molecule has 7 nitrogen and oxygen atoms in total. The summed E-state index contributed by atoms with van der Waals surface area (Å²) in [5, 5.41) is 9.80. The van der Waals surface area contributed by atoms with Crippen LogP contribution in [0.15, 0.2) is 34.9 Å². The number of halogens is 4. The number of aromatic nitrogens is 2. The zero-order valence-corrected chi connectivity index (χ0v) is 18.2. The summed E-state index contributed by atoms with van der Waals surface area (Å²) in [6.07, 6.45) is -3.49. The van der Waals surface area contributed by atoms with Crippen molar-refractivity contribution in [1.29, 1.82) is 0 Å². The zero-order chi connectivity index (χ0) is 22.0. The second-order valence-electron chi connectivity index (χ2n) is 7.60. The van der Waals surface area contributed by atoms with Crippen LogP contribution in [0.25, 0.3) is 0 Å². The molecule has 168 valence electrons. The first-order chi connectivity index (χ1) is 14.8. The third-order valence-corrected chi connectivity index (χ3v) is 6.10. The summed E-state index contributed by atoms with van der Waals surface area (Å²) >= 11 is 3.34. The van der Waals surface area contributed by atoms with Crippen LogP contribution in [0.5, 0.6) is 0 Å². The number of carbonyl (C=O) groups excluding carboxylic acids is 1. The highest BCUT2D eigenvalue weighted by Crippen LogP contribution is 2.44. The first-order valence-corrected chi connectivity index (χ1v) is 10.9. The van der Waals surface area contributed by atoms with Crippen molar-refractivity contribution in [3.8, 4) is 0 Å². The van der Waals surface area contributed by atoms with Crippen molar-refractivity contribution in [3.05, 3.63) is 46.1 Å². The number of fused-ring (bicyclic) bond motifs is 1. The monoisotopic (exact) mass is 501 g/mol. The van der Waals surface area contributed by atoms with E-state index < -0.39 is 24.2 Å². The molecule has 2 N–H and O–H groups in total. The van der Waals surface area contributed by atoms with E-state index in [2.05, 4.69) is 36.6 Å². The number of nitrogens with one attached hydrogen (secondary N) is 2. The number of rotatable bonds is 5. The summed E-state index contributed by atoms with van der Waals surface area (Å²) in [5.41, 5.74) is 0.821. The Bertz CT molecular complexity index is 913. The van der Waals surface area contributed by atoms with Crippen LogP contribution >= 0.6 is 15.9 Å². The molecule has 1 aromatic carbocycles. The molecule has 0 saturated carbocycles. The molecule has 31 heavy (non-hydrogen) atoms. The molecule has 0 unspecified atom stereocenters.